The van der Waals surface area contributed by atoms with Crippen LogP contribution in [-0.4, -0.2) is 57.9 Å². The van der Waals surface area contributed by atoms with Crippen molar-refractivity contribution in [2.24, 2.45) is 0 Å². The van der Waals surface area contributed by atoms with Crippen molar-refractivity contribution in [3.05, 3.63) is 29.6 Å². The smallest absolute Gasteiger partial charge is 0.241 e. The summed E-state index contributed by atoms with van der Waals surface area (Å²) in [5.41, 5.74) is 0.229. The van der Waals surface area contributed by atoms with Crippen LogP contribution in [-0.2, 0) is 24.3 Å². The average Bonchev–Trinajstić information content (AvgIpc) is 3.04. The van der Waals surface area contributed by atoms with Gasteiger partial charge >= 0.3 is 0 Å². The number of aryl methyl sites for hydroxylation is 1. The van der Waals surface area contributed by atoms with E-state index in [9.17, 15) is 17.6 Å². The molecule has 3 rings (SSSR count). The topological polar surface area (TPSA) is 84.9 Å². The van der Waals surface area contributed by atoms with Crippen LogP contribution in [0.25, 0.3) is 0 Å². The minimum atomic E-state index is -3.87. The van der Waals surface area contributed by atoms with Crippen molar-refractivity contribution in [1.29, 1.82) is 0 Å². The standard InChI is InChI=1S/C16H21FN2O5S/c1-12-10-13(2-3-14(12)17)25(21,22)18-11-15(20)19-6-4-16(5-7-19)23-8-9-24-16/h2-3,10,18H,4-9,11H2,1H3. The van der Waals surface area contributed by atoms with Crippen LogP contribution >= 0.6 is 0 Å². The predicted octanol–water partition coefficient (Wildman–Crippen LogP) is 0.778. The number of likely N-dealkylation sites (tertiary alicyclic amines) is 1. The highest BCUT2D eigenvalue weighted by Crippen LogP contribution is 2.31. The first-order valence-electron chi connectivity index (χ1n) is 8.13. The van der Waals surface area contributed by atoms with Gasteiger partial charge in [0.05, 0.1) is 24.7 Å². The number of nitrogens with zero attached hydrogens (tertiary/aromatic N) is 1. The molecule has 9 heteroatoms. The average molecular weight is 372 g/mol. The molecule has 1 amide bonds. The highest BCUT2D eigenvalue weighted by atomic mass is 32.2. The molecule has 25 heavy (non-hydrogen) atoms. The molecule has 0 saturated carbocycles. The molecule has 0 atom stereocenters. The Bertz CT molecular complexity index is 752. The molecule has 7 nitrogen and oxygen atoms in total. The van der Waals surface area contributed by atoms with Gasteiger partial charge in [-0.3, -0.25) is 4.79 Å². The van der Waals surface area contributed by atoms with Crippen LogP contribution in [0.4, 0.5) is 4.39 Å². The van der Waals surface area contributed by atoms with E-state index in [2.05, 4.69) is 4.72 Å². The van der Waals surface area contributed by atoms with Crippen molar-refractivity contribution in [3.8, 4) is 0 Å². The minimum Gasteiger partial charge on any atom is -0.347 e. The predicted molar refractivity (Wildman–Crippen MR) is 86.8 cm³/mol. The Balaban J connectivity index is 1.55. The summed E-state index contributed by atoms with van der Waals surface area (Å²) in [6.07, 6.45) is 1.14. The minimum absolute atomic E-state index is 0.0652. The van der Waals surface area contributed by atoms with Crippen molar-refractivity contribution in [3.63, 3.8) is 0 Å². The van der Waals surface area contributed by atoms with Crippen molar-refractivity contribution in [1.82, 2.24) is 9.62 Å². The van der Waals surface area contributed by atoms with Crippen molar-refractivity contribution in [2.75, 3.05) is 32.8 Å². The number of hydrogen-bond donors (Lipinski definition) is 1. The molecule has 0 aliphatic carbocycles. The van der Waals surface area contributed by atoms with Gasteiger partial charge in [0.2, 0.25) is 15.9 Å². The van der Waals surface area contributed by atoms with E-state index in [1.54, 1.807) is 4.90 Å². The number of piperidine rings is 1. The molecule has 1 N–H and O–H groups in total. The Morgan fingerprint density at radius 1 is 1.28 bits per heavy atom. The lowest BCUT2D eigenvalue weighted by Gasteiger charge is -2.37. The largest absolute Gasteiger partial charge is 0.347 e. The lowest BCUT2D eigenvalue weighted by Crippen LogP contribution is -2.49. The Kier molecular flexibility index (Phi) is 5.10. The monoisotopic (exact) mass is 372 g/mol. The Morgan fingerprint density at radius 3 is 2.52 bits per heavy atom. The number of ether oxygens (including phenoxy) is 2. The van der Waals surface area contributed by atoms with E-state index in [4.69, 9.17) is 9.47 Å². The van der Waals surface area contributed by atoms with Gasteiger partial charge in [0.25, 0.3) is 0 Å². The van der Waals surface area contributed by atoms with E-state index < -0.39 is 21.6 Å². The van der Waals surface area contributed by atoms with E-state index in [0.717, 1.165) is 6.07 Å². The zero-order chi connectivity index (χ0) is 18.1. The lowest BCUT2D eigenvalue weighted by molar-refractivity contribution is -0.187. The SMILES string of the molecule is Cc1cc(S(=O)(=O)NCC(=O)N2CCC3(CC2)OCCO3)ccc1F. The number of benzene rings is 1. The molecule has 2 aliphatic heterocycles. The summed E-state index contributed by atoms with van der Waals surface area (Å²) in [6.45, 7) is 3.17. The van der Waals surface area contributed by atoms with Crippen molar-refractivity contribution < 1.29 is 27.1 Å². The van der Waals surface area contributed by atoms with Gasteiger partial charge in [-0.25, -0.2) is 17.5 Å². The van der Waals surface area contributed by atoms with Crippen molar-refractivity contribution in [2.45, 2.75) is 30.4 Å². The molecule has 0 radical (unpaired) electrons. The van der Waals surface area contributed by atoms with Gasteiger partial charge in [-0.05, 0) is 30.7 Å². The second kappa shape index (κ2) is 6.99. The molecule has 1 aromatic carbocycles. The second-order valence-corrected chi connectivity index (χ2v) is 7.99. The van der Waals surface area contributed by atoms with Crippen LogP contribution in [0.3, 0.4) is 0 Å². The molecule has 2 aliphatic rings. The van der Waals surface area contributed by atoms with Crippen molar-refractivity contribution >= 4 is 15.9 Å². The first kappa shape index (κ1) is 18.2. The summed E-state index contributed by atoms with van der Waals surface area (Å²) in [6, 6.07) is 3.51. The Morgan fingerprint density at radius 2 is 1.92 bits per heavy atom. The summed E-state index contributed by atoms with van der Waals surface area (Å²) >= 11 is 0. The number of carbonyl (C=O) groups is 1. The molecule has 2 heterocycles. The Hall–Kier alpha value is -1.55. The maximum absolute atomic E-state index is 13.3. The van der Waals surface area contributed by atoms with Crippen LogP contribution in [0.5, 0.6) is 0 Å². The molecule has 1 aromatic rings. The number of amides is 1. The van der Waals surface area contributed by atoms with Gasteiger partial charge in [-0.2, -0.15) is 0 Å². The van der Waals surface area contributed by atoms with Gasteiger partial charge in [0.1, 0.15) is 5.82 Å². The molecule has 0 bridgehead atoms. The molecule has 1 spiro atoms. The second-order valence-electron chi connectivity index (χ2n) is 6.22. The first-order valence-corrected chi connectivity index (χ1v) is 9.61. The van der Waals surface area contributed by atoms with Crippen LogP contribution < -0.4 is 4.72 Å². The summed E-state index contributed by atoms with van der Waals surface area (Å²) in [7, 11) is -3.87. The fourth-order valence-corrected chi connectivity index (χ4v) is 4.08. The van der Waals surface area contributed by atoms with Gasteiger partial charge < -0.3 is 14.4 Å². The van der Waals surface area contributed by atoms with Crippen LogP contribution in [0.2, 0.25) is 0 Å². The number of hydrogen-bond acceptors (Lipinski definition) is 5. The molecule has 0 unspecified atom stereocenters. The van der Waals surface area contributed by atoms with Gasteiger partial charge in [0.15, 0.2) is 5.79 Å². The summed E-state index contributed by atoms with van der Waals surface area (Å²) in [4.78, 5) is 13.8. The lowest BCUT2D eigenvalue weighted by atomic mass is 10.0. The fourth-order valence-electron chi connectivity index (χ4n) is 3.02. The molecule has 2 fully saturated rings. The fraction of sp³-hybridized carbons (Fsp3) is 0.562. The molecular formula is C16H21FN2O5S. The summed E-state index contributed by atoms with van der Waals surface area (Å²) in [5.74, 6) is -1.37. The van der Waals surface area contributed by atoms with E-state index in [0.29, 0.717) is 39.1 Å². The van der Waals surface area contributed by atoms with E-state index in [-0.39, 0.29) is 22.9 Å². The molecule has 2 saturated heterocycles. The van der Waals surface area contributed by atoms with Crippen LogP contribution in [0.1, 0.15) is 18.4 Å². The maximum Gasteiger partial charge on any atom is 0.241 e. The van der Waals surface area contributed by atoms with Gasteiger partial charge in [-0.15, -0.1) is 0 Å². The summed E-state index contributed by atoms with van der Waals surface area (Å²) < 4.78 is 51.2. The van der Waals surface area contributed by atoms with Gasteiger partial charge in [0, 0.05) is 25.9 Å². The summed E-state index contributed by atoms with van der Waals surface area (Å²) in [5, 5.41) is 0. The van der Waals surface area contributed by atoms with Crippen LogP contribution in [0, 0.1) is 12.7 Å². The zero-order valence-electron chi connectivity index (χ0n) is 14.0. The third-order valence-electron chi connectivity index (χ3n) is 4.54. The van der Waals surface area contributed by atoms with E-state index in [1.807, 2.05) is 0 Å². The molecule has 138 valence electrons. The van der Waals surface area contributed by atoms with E-state index in [1.165, 1.54) is 19.1 Å². The molecular weight excluding hydrogens is 351 g/mol. The highest BCUT2D eigenvalue weighted by molar-refractivity contribution is 7.89. The maximum atomic E-state index is 13.3. The van der Waals surface area contributed by atoms with Gasteiger partial charge in [-0.1, -0.05) is 0 Å². The quantitative estimate of drug-likeness (QED) is 0.844. The third-order valence-corrected chi connectivity index (χ3v) is 5.94. The molecule has 0 aromatic heterocycles. The number of halogens is 1. The third kappa shape index (κ3) is 4.00. The Labute approximate surface area is 146 Å². The number of carbonyl (C=O) groups excluding carboxylic acids is 1. The number of sulfonamides is 1. The highest BCUT2D eigenvalue weighted by Gasteiger charge is 2.40. The van der Waals surface area contributed by atoms with Crippen LogP contribution in [0.15, 0.2) is 23.1 Å². The first-order chi connectivity index (χ1) is 11.8. The number of rotatable bonds is 4. The number of nitrogens with one attached hydrogen (secondary N) is 1. The zero-order valence-corrected chi connectivity index (χ0v) is 14.8. The van der Waals surface area contributed by atoms with E-state index >= 15 is 0 Å². The normalized spacial score (nSPS) is 20.2.